The van der Waals surface area contributed by atoms with Crippen LogP contribution in [-0.2, 0) is 22.5 Å². The normalized spacial score (nSPS) is 18.0. The summed E-state index contributed by atoms with van der Waals surface area (Å²) in [5.74, 6) is 0.591. The van der Waals surface area contributed by atoms with Crippen molar-refractivity contribution in [2.75, 3.05) is 39.3 Å². The van der Waals surface area contributed by atoms with Crippen LogP contribution in [0.1, 0.15) is 50.8 Å². The monoisotopic (exact) mass is 577 g/mol. The van der Waals surface area contributed by atoms with Gasteiger partial charge in [0.25, 0.3) is 0 Å². The fourth-order valence-electron chi connectivity index (χ4n) is 5.77. The molecule has 3 heterocycles. The fourth-order valence-corrected chi connectivity index (χ4v) is 5.77. The Morgan fingerprint density at radius 2 is 1.88 bits per heavy atom. The molecule has 3 aromatic rings. The predicted octanol–water partition coefficient (Wildman–Crippen LogP) is 3.56. The van der Waals surface area contributed by atoms with Crippen molar-refractivity contribution < 1.29 is 24.2 Å². The van der Waals surface area contributed by atoms with E-state index in [1.165, 1.54) is 11.1 Å². The Hall–Kier alpha value is -3.47. The minimum absolute atomic E-state index is 0.186. The van der Waals surface area contributed by atoms with E-state index in [4.69, 9.17) is 9.47 Å². The lowest BCUT2D eigenvalue weighted by molar-refractivity contribution is -0.113. The number of carbonyl (C=O) groups excluding carboxylic acids is 2. The summed E-state index contributed by atoms with van der Waals surface area (Å²) < 4.78 is 13.5. The van der Waals surface area contributed by atoms with Gasteiger partial charge < -0.3 is 24.8 Å². The second-order valence-corrected chi connectivity index (χ2v) is 12.4. The maximum absolute atomic E-state index is 12.4. The zero-order valence-corrected chi connectivity index (χ0v) is 24.9. The van der Waals surface area contributed by atoms with Crippen LogP contribution in [0.2, 0.25) is 0 Å². The maximum Gasteiger partial charge on any atom is 0.410 e. The number of hydrogen-bond donors (Lipinski definition) is 2. The highest BCUT2D eigenvalue weighted by molar-refractivity contribution is 5.80. The van der Waals surface area contributed by atoms with Gasteiger partial charge in [0.15, 0.2) is 12.4 Å². The number of β-amino-alcohol motifs (C(OH)–C–C–N with tert-alkyl or cyclic N) is 1. The number of carbonyl (C=O) groups is 2. The molecule has 1 amide bonds. The molecule has 0 aliphatic carbocycles. The first-order valence-corrected chi connectivity index (χ1v) is 14.9. The summed E-state index contributed by atoms with van der Waals surface area (Å²) in [4.78, 5) is 28.2. The molecule has 1 aromatic heterocycles. The SMILES string of the molecule is CC(C)(C)OC(=O)N1CCC(n2ncc3cc(OC(C=O)CNCC(O)CN4CCc5ccccc5C4)ccc32)CC1. The van der Waals surface area contributed by atoms with E-state index in [1.807, 2.05) is 49.8 Å². The van der Waals surface area contributed by atoms with Crippen molar-refractivity contribution in [3.8, 4) is 5.75 Å². The van der Waals surface area contributed by atoms with Crippen LogP contribution in [0.3, 0.4) is 0 Å². The van der Waals surface area contributed by atoms with E-state index in [0.29, 0.717) is 38.5 Å². The lowest BCUT2D eigenvalue weighted by Crippen LogP contribution is -2.43. The van der Waals surface area contributed by atoms with Crippen molar-refractivity contribution in [1.29, 1.82) is 0 Å². The van der Waals surface area contributed by atoms with Gasteiger partial charge in [0.1, 0.15) is 11.4 Å². The number of fused-ring (bicyclic) bond motifs is 2. The second kappa shape index (κ2) is 13.2. The number of amides is 1. The van der Waals surface area contributed by atoms with Gasteiger partial charge in [-0.3, -0.25) is 14.4 Å². The highest BCUT2D eigenvalue weighted by Gasteiger charge is 2.28. The molecule has 10 heteroatoms. The number of rotatable bonds is 10. The van der Waals surface area contributed by atoms with Crippen LogP contribution in [0.4, 0.5) is 4.79 Å². The van der Waals surface area contributed by atoms with Crippen molar-refractivity contribution in [1.82, 2.24) is 24.9 Å². The number of likely N-dealkylation sites (tertiary alicyclic amines) is 1. The van der Waals surface area contributed by atoms with Crippen LogP contribution >= 0.6 is 0 Å². The molecule has 1 fully saturated rings. The summed E-state index contributed by atoms with van der Waals surface area (Å²) in [6.45, 7) is 9.90. The number of nitrogens with zero attached hydrogens (tertiary/aromatic N) is 4. The molecule has 2 N–H and O–H groups in total. The van der Waals surface area contributed by atoms with Gasteiger partial charge >= 0.3 is 6.09 Å². The van der Waals surface area contributed by atoms with Crippen LogP contribution in [-0.4, -0.2) is 94.1 Å². The minimum Gasteiger partial charge on any atom is -0.482 e. The van der Waals surface area contributed by atoms with Crippen LogP contribution < -0.4 is 10.1 Å². The lowest BCUT2D eigenvalue weighted by atomic mass is 10.00. The first kappa shape index (κ1) is 30.0. The molecule has 10 nitrogen and oxygen atoms in total. The Labute approximate surface area is 247 Å². The van der Waals surface area contributed by atoms with Gasteiger partial charge in [-0.05, 0) is 69.4 Å². The van der Waals surface area contributed by atoms with Gasteiger partial charge in [-0.15, -0.1) is 0 Å². The number of aldehydes is 1. The van der Waals surface area contributed by atoms with E-state index in [9.17, 15) is 14.7 Å². The van der Waals surface area contributed by atoms with Crippen LogP contribution in [0, 0.1) is 0 Å². The van der Waals surface area contributed by atoms with E-state index in [-0.39, 0.29) is 12.1 Å². The summed E-state index contributed by atoms with van der Waals surface area (Å²) in [5, 5.41) is 19.3. The second-order valence-electron chi connectivity index (χ2n) is 12.4. The first-order valence-electron chi connectivity index (χ1n) is 14.9. The quantitative estimate of drug-likeness (QED) is 0.352. The molecule has 0 spiro atoms. The number of aliphatic hydroxyl groups is 1. The average molecular weight is 578 g/mol. The third kappa shape index (κ3) is 7.67. The third-order valence-electron chi connectivity index (χ3n) is 7.87. The number of piperidine rings is 1. The summed E-state index contributed by atoms with van der Waals surface area (Å²) in [6, 6.07) is 14.4. The van der Waals surface area contributed by atoms with Crippen molar-refractivity contribution in [2.24, 2.45) is 0 Å². The molecule has 2 aromatic carbocycles. The molecular weight excluding hydrogens is 534 g/mol. The molecule has 0 bridgehead atoms. The smallest absolute Gasteiger partial charge is 0.410 e. The third-order valence-corrected chi connectivity index (χ3v) is 7.87. The van der Waals surface area contributed by atoms with Gasteiger partial charge in [0.2, 0.25) is 0 Å². The van der Waals surface area contributed by atoms with Crippen LogP contribution in [0.5, 0.6) is 5.75 Å². The van der Waals surface area contributed by atoms with Crippen molar-refractivity contribution in [2.45, 2.75) is 70.4 Å². The van der Waals surface area contributed by atoms with Gasteiger partial charge in [0, 0.05) is 51.2 Å². The van der Waals surface area contributed by atoms with Crippen molar-refractivity contribution in [3.05, 3.63) is 59.8 Å². The van der Waals surface area contributed by atoms with Crippen molar-refractivity contribution >= 4 is 23.3 Å². The molecule has 1 saturated heterocycles. The number of benzene rings is 2. The van der Waals surface area contributed by atoms with Crippen LogP contribution in [0.15, 0.2) is 48.7 Å². The minimum atomic E-state index is -0.677. The molecule has 226 valence electrons. The van der Waals surface area contributed by atoms with Gasteiger partial charge in [-0.1, -0.05) is 24.3 Å². The van der Waals surface area contributed by atoms with Crippen LogP contribution in [0.25, 0.3) is 10.9 Å². The highest BCUT2D eigenvalue weighted by Crippen LogP contribution is 2.29. The van der Waals surface area contributed by atoms with Crippen molar-refractivity contribution in [3.63, 3.8) is 0 Å². The molecule has 2 atom stereocenters. The molecule has 0 radical (unpaired) electrons. The van der Waals surface area contributed by atoms with Gasteiger partial charge in [-0.25, -0.2) is 4.79 Å². The first-order chi connectivity index (χ1) is 20.2. The number of aliphatic hydroxyl groups excluding tert-OH is 1. The molecule has 42 heavy (non-hydrogen) atoms. The summed E-state index contributed by atoms with van der Waals surface area (Å²) >= 11 is 0. The van der Waals surface area contributed by atoms with E-state index < -0.39 is 17.8 Å². The van der Waals surface area contributed by atoms with Gasteiger partial charge in [-0.2, -0.15) is 5.10 Å². The molecule has 5 rings (SSSR count). The Morgan fingerprint density at radius 1 is 1.12 bits per heavy atom. The Bertz CT molecular complexity index is 1360. The fraction of sp³-hybridized carbons (Fsp3) is 0.531. The average Bonchev–Trinajstić information content (AvgIpc) is 3.39. The summed E-state index contributed by atoms with van der Waals surface area (Å²) in [5.41, 5.74) is 3.19. The van der Waals surface area contributed by atoms with E-state index in [2.05, 4.69) is 39.6 Å². The molecule has 0 saturated carbocycles. The molecular formula is C32H43N5O5. The summed E-state index contributed by atoms with van der Waals surface area (Å²) in [7, 11) is 0. The predicted molar refractivity (Wildman–Crippen MR) is 161 cm³/mol. The summed E-state index contributed by atoms with van der Waals surface area (Å²) in [6.07, 6.45) is 3.70. The number of hydrogen-bond acceptors (Lipinski definition) is 8. The molecule has 2 aliphatic heterocycles. The number of ether oxygens (including phenoxy) is 2. The number of aromatic nitrogens is 2. The number of nitrogens with one attached hydrogen (secondary N) is 1. The zero-order valence-electron chi connectivity index (χ0n) is 24.9. The topological polar surface area (TPSA) is 109 Å². The lowest BCUT2D eigenvalue weighted by Gasteiger charge is -2.33. The van der Waals surface area contributed by atoms with E-state index >= 15 is 0 Å². The maximum atomic E-state index is 12.4. The Balaban J connectivity index is 1.08. The molecule has 2 aliphatic rings. The Morgan fingerprint density at radius 3 is 2.62 bits per heavy atom. The van der Waals surface area contributed by atoms with E-state index in [1.54, 1.807) is 4.90 Å². The zero-order chi connectivity index (χ0) is 29.7. The largest absolute Gasteiger partial charge is 0.482 e. The standard InChI is InChI=1S/C32H43N5O5/c1-32(2,3)42-31(40)36-14-11-26(12-15-36)37-30-9-8-28(16-25(30)17-34-37)41-29(22-38)19-33-18-27(39)21-35-13-10-23-6-4-5-7-24(23)20-35/h4-9,16-17,22,26-27,29,33,39H,10-15,18-21H2,1-3H3. The highest BCUT2D eigenvalue weighted by atomic mass is 16.6. The van der Waals surface area contributed by atoms with Gasteiger partial charge in [0.05, 0.1) is 23.9 Å². The Kier molecular flexibility index (Phi) is 9.45. The molecule has 2 unspecified atom stereocenters. The van der Waals surface area contributed by atoms with E-state index in [0.717, 1.165) is 49.5 Å².